The van der Waals surface area contributed by atoms with Crippen molar-refractivity contribution in [2.45, 2.75) is 0 Å². The zero-order chi connectivity index (χ0) is 14.9. The van der Waals surface area contributed by atoms with Gasteiger partial charge in [0, 0.05) is 11.1 Å². The van der Waals surface area contributed by atoms with Gasteiger partial charge in [-0.3, -0.25) is 0 Å². The lowest BCUT2D eigenvalue weighted by Crippen LogP contribution is -1.83. The van der Waals surface area contributed by atoms with Crippen LogP contribution in [0.3, 0.4) is 0 Å². The summed E-state index contributed by atoms with van der Waals surface area (Å²) in [5.74, 6) is 2.16. The molecule has 0 radical (unpaired) electrons. The lowest BCUT2D eigenvalue weighted by Gasteiger charge is -2.00. The average molecular weight is 291 g/mol. The highest BCUT2D eigenvalue weighted by Gasteiger charge is 2.11. The summed E-state index contributed by atoms with van der Waals surface area (Å²) in [6.45, 7) is 0. The minimum Gasteiger partial charge on any atom is -0.497 e. The number of ether oxygens (including phenoxy) is 1. The van der Waals surface area contributed by atoms with Gasteiger partial charge in [0.15, 0.2) is 5.58 Å². The SMILES string of the molecule is COc1cccc(-c2nc3ccc(-c4ccco4)cc3o2)c1. The molecule has 2 aromatic carbocycles. The van der Waals surface area contributed by atoms with Crippen LogP contribution in [-0.4, -0.2) is 12.1 Å². The van der Waals surface area contributed by atoms with Crippen molar-refractivity contribution in [2.24, 2.45) is 0 Å². The molecule has 0 aliphatic carbocycles. The topological polar surface area (TPSA) is 48.4 Å². The Labute approximate surface area is 127 Å². The molecule has 4 aromatic rings. The Bertz CT molecular complexity index is 923. The molecule has 22 heavy (non-hydrogen) atoms. The van der Waals surface area contributed by atoms with Crippen LogP contribution < -0.4 is 4.74 Å². The fraction of sp³-hybridized carbons (Fsp3) is 0.0556. The van der Waals surface area contributed by atoms with Crippen LogP contribution in [0.5, 0.6) is 5.75 Å². The van der Waals surface area contributed by atoms with Crippen molar-refractivity contribution in [3.63, 3.8) is 0 Å². The molecule has 2 heterocycles. The second-order valence-electron chi connectivity index (χ2n) is 4.91. The summed E-state index contributed by atoms with van der Waals surface area (Å²) in [5.41, 5.74) is 3.39. The molecular formula is C18H13NO3. The van der Waals surface area contributed by atoms with Gasteiger partial charge in [0.05, 0.1) is 13.4 Å². The molecule has 0 atom stereocenters. The van der Waals surface area contributed by atoms with Crippen LogP contribution in [0, 0.1) is 0 Å². The molecule has 0 aliphatic rings. The molecule has 0 unspecified atom stereocenters. The van der Waals surface area contributed by atoms with Crippen LogP contribution in [0.4, 0.5) is 0 Å². The number of hydrogen-bond donors (Lipinski definition) is 0. The van der Waals surface area contributed by atoms with E-state index in [4.69, 9.17) is 13.6 Å². The van der Waals surface area contributed by atoms with Gasteiger partial charge in [-0.05, 0) is 48.5 Å². The van der Waals surface area contributed by atoms with E-state index in [1.165, 1.54) is 0 Å². The molecule has 4 rings (SSSR count). The van der Waals surface area contributed by atoms with E-state index in [1.54, 1.807) is 13.4 Å². The van der Waals surface area contributed by atoms with Gasteiger partial charge in [-0.2, -0.15) is 0 Å². The number of benzene rings is 2. The fourth-order valence-corrected chi connectivity index (χ4v) is 2.40. The number of rotatable bonds is 3. The van der Waals surface area contributed by atoms with E-state index in [0.29, 0.717) is 5.89 Å². The van der Waals surface area contributed by atoms with E-state index in [2.05, 4.69) is 4.98 Å². The minimum absolute atomic E-state index is 0.575. The molecule has 4 heteroatoms. The zero-order valence-electron chi connectivity index (χ0n) is 11.9. The maximum atomic E-state index is 5.88. The third kappa shape index (κ3) is 2.15. The Morgan fingerprint density at radius 3 is 2.73 bits per heavy atom. The monoisotopic (exact) mass is 291 g/mol. The fourth-order valence-electron chi connectivity index (χ4n) is 2.40. The highest BCUT2D eigenvalue weighted by molar-refractivity contribution is 5.81. The number of hydrogen-bond acceptors (Lipinski definition) is 4. The van der Waals surface area contributed by atoms with E-state index in [1.807, 2.05) is 54.6 Å². The summed E-state index contributed by atoms with van der Waals surface area (Å²) in [6, 6.07) is 17.3. The molecule has 4 nitrogen and oxygen atoms in total. The second-order valence-corrected chi connectivity index (χ2v) is 4.91. The summed E-state index contributed by atoms with van der Waals surface area (Å²) in [6.07, 6.45) is 1.65. The maximum absolute atomic E-state index is 5.88. The van der Waals surface area contributed by atoms with Gasteiger partial charge in [-0.15, -0.1) is 0 Å². The van der Waals surface area contributed by atoms with Crippen LogP contribution in [0.1, 0.15) is 0 Å². The Morgan fingerprint density at radius 1 is 0.955 bits per heavy atom. The van der Waals surface area contributed by atoms with E-state index < -0.39 is 0 Å². The van der Waals surface area contributed by atoms with E-state index >= 15 is 0 Å². The first-order valence-corrected chi connectivity index (χ1v) is 6.92. The van der Waals surface area contributed by atoms with Crippen LogP contribution in [0.15, 0.2) is 69.7 Å². The first kappa shape index (κ1) is 12.7. The Balaban J connectivity index is 1.80. The maximum Gasteiger partial charge on any atom is 0.227 e. The molecule has 0 fully saturated rings. The van der Waals surface area contributed by atoms with Crippen molar-refractivity contribution < 1.29 is 13.6 Å². The van der Waals surface area contributed by atoms with Crippen LogP contribution >= 0.6 is 0 Å². The van der Waals surface area contributed by atoms with Crippen molar-refractivity contribution in [2.75, 3.05) is 7.11 Å². The number of methoxy groups -OCH3 is 1. The molecule has 2 aromatic heterocycles. The second kappa shape index (κ2) is 5.07. The highest BCUT2D eigenvalue weighted by Crippen LogP contribution is 2.29. The molecule has 0 saturated carbocycles. The Hall–Kier alpha value is -3.01. The minimum atomic E-state index is 0.575. The van der Waals surface area contributed by atoms with Gasteiger partial charge in [0.2, 0.25) is 5.89 Å². The Morgan fingerprint density at radius 2 is 1.91 bits per heavy atom. The number of nitrogens with zero attached hydrogens (tertiary/aromatic N) is 1. The lowest BCUT2D eigenvalue weighted by molar-refractivity contribution is 0.415. The molecule has 108 valence electrons. The van der Waals surface area contributed by atoms with Gasteiger partial charge in [-0.25, -0.2) is 4.98 Å². The predicted molar refractivity (Wildman–Crippen MR) is 83.7 cm³/mol. The first-order chi connectivity index (χ1) is 10.8. The average Bonchev–Trinajstić information content (AvgIpc) is 3.23. The lowest BCUT2D eigenvalue weighted by atomic mass is 10.1. The normalized spacial score (nSPS) is 11.0. The smallest absolute Gasteiger partial charge is 0.227 e. The van der Waals surface area contributed by atoms with Gasteiger partial charge >= 0.3 is 0 Å². The number of oxazole rings is 1. The summed E-state index contributed by atoms with van der Waals surface area (Å²) in [7, 11) is 1.64. The van der Waals surface area contributed by atoms with Gasteiger partial charge < -0.3 is 13.6 Å². The van der Waals surface area contributed by atoms with Crippen LogP contribution in [-0.2, 0) is 0 Å². The van der Waals surface area contributed by atoms with Crippen molar-refractivity contribution >= 4 is 11.1 Å². The summed E-state index contributed by atoms with van der Waals surface area (Å²) >= 11 is 0. The quantitative estimate of drug-likeness (QED) is 0.546. The van der Waals surface area contributed by atoms with E-state index in [-0.39, 0.29) is 0 Å². The third-order valence-electron chi connectivity index (χ3n) is 3.51. The van der Waals surface area contributed by atoms with Gasteiger partial charge in [0.1, 0.15) is 17.0 Å². The number of furan rings is 1. The Kier molecular flexibility index (Phi) is 2.93. The number of fused-ring (bicyclic) bond motifs is 1. The van der Waals surface area contributed by atoms with Crippen LogP contribution in [0.2, 0.25) is 0 Å². The number of aromatic nitrogens is 1. The van der Waals surface area contributed by atoms with Crippen molar-refractivity contribution in [3.8, 4) is 28.5 Å². The largest absolute Gasteiger partial charge is 0.497 e. The molecule has 0 spiro atoms. The van der Waals surface area contributed by atoms with E-state index in [9.17, 15) is 0 Å². The summed E-state index contributed by atoms with van der Waals surface area (Å²) < 4.78 is 16.5. The molecule has 0 bridgehead atoms. The van der Waals surface area contributed by atoms with Crippen molar-refractivity contribution in [3.05, 3.63) is 60.9 Å². The van der Waals surface area contributed by atoms with Crippen LogP contribution in [0.25, 0.3) is 33.9 Å². The predicted octanol–water partition coefficient (Wildman–Crippen LogP) is 4.76. The van der Waals surface area contributed by atoms with Crippen molar-refractivity contribution in [1.29, 1.82) is 0 Å². The van der Waals surface area contributed by atoms with E-state index in [0.717, 1.165) is 33.7 Å². The summed E-state index contributed by atoms with van der Waals surface area (Å²) in [5, 5.41) is 0. The first-order valence-electron chi connectivity index (χ1n) is 6.92. The third-order valence-corrected chi connectivity index (χ3v) is 3.51. The van der Waals surface area contributed by atoms with Gasteiger partial charge in [0.25, 0.3) is 0 Å². The molecular weight excluding hydrogens is 278 g/mol. The molecule has 0 saturated heterocycles. The molecule has 0 aliphatic heterocycles. The zero-order valence-corrected chi connectivity index (χ0v) is 11.9. The molecule has 0 amide bonds. The summed E-state index contributed by atoms with van der Waals surface area (Å²) in [4.78, 5) is 4.53. The highest BCUT2D eigenvalue weighted by atomic mass is 16.5. The molecule has 0 N–H and O–H groups in total. The van der Waals surface area contributed by atoms with Crippen molar-refractivity contribution in [1.82, 2.24) is 4.98 Å². The van der Waals surface area contributed by atoms with Gasteiger partial charge in [-0.1, -0.05) is 6.07 Å². The standard InChI is InChI=1S/C18H13NO3/c1-20-14-5-2-4-13(10-14)18-19-15-8-7-12(11-17(15)22-18)16-6-3-9-21-16/h2-11H,1H3.